The summed E-state index contributed by atoms with van der Waals surface area (Å²) in [7, 11) is -1.26. The van der Waals surface area contributed by atoms with E-state index in [9.17, 15) is 9.00 Å². The Hall–Kier alpha value is -2.46. The predicted octanol–water partition coefficient (Wildman–Crippen LogP) is 1.92. The molecule has 3 aromatic heterocycles. The van der Waals surface area contributed by atoms with E-state index in [1.165, 1.54) is 34.7 Å². The first kappa shape index (κ1) is 15.4. The summed E-state index contributed by atoms with van der Waals surface area (Å²) >= 11 is 1.29. The summed E-state index contributed by atoms with van der Waals surface area (Å²) in [5.74, 6) is 0. The van der Waals surface area contributed by atoms with Gasteiger partial charge in [-0.05, 0) is 13.0 Å². The highest BCUT2D eigenvalue weighted by atomic mass is 32.2. The van der Waals surface area contributed by atoms with E-state index in [1.807, 2.05) is 6.92 Å². The summed E-state index contributed by atoms with van der Waals surface area (Å²) in [4.78, 5) is 29.2. The van der Waals surface area contributed by atoms with Gasteiger partial charge in [-0.2, -0.15) is 0 Å². The van der Waals surface area contributed by atoms with Gasteiger partial charge in [0, 0.05) is 24.8 Å². The van der Waals surface area contributed by atoms with Crippen LogP contribution in [0.4, 0.5) is 9.93 Å². The van der Waals surface area contributed by atoms with Crippen LogP contribution >= 0.6 is 11.3 Å². The number of amides is 1. The van der Waals surface area contributed by atoms with E-state index in [1.54, 1.807) is 18.5 Å². The smallest absolute Gasteiger partial charge is 0.283 e. The zero-order valence-corrected chi connectivity index (χ0v) is 13.9. The maximum absolute atomic E-state index is 12.0. The zero-order valence-electron chi connectivity index (χ0n) is 12.3. The Bertz CT molecular complexity index is 874. The summed E-state index contributed by atoms with van der Waals surface area (Å²) in [5, 5.41) is 3.42. The molecule has 0 spiro atoms. The topological polar surface area (TPSA) is 103 Å². The van der Waals surface area contributed by atoms with Gasteiger partial charge in [0.15, 0.2) is 5.13 Å². The molecule has 3 rings (SSSR count). The average Bonchev–Trinajstić information content (AvgIpc) is 3.17. The SMILES string of the molecule is Cc1nc(NC(=O)n2ccnc2)sc1-c1ccnc(S(C)=O)n1. The largest absolute Gasteiger partial charge is 0.333 e. The highest BCUT2D eigenvalue weighted by molar-refractivity contribution is 7.84. The molecule has 10 heteroatoms. The van der Waals surface area contributed by atoms with Crippen molar-refractivity contribution in [3.8, 4) is 10.6 Å². The molecule has 1 N–H and O–H groups in total. The van der Waals surface area contributed by atoms with Crippen LogP contribution in [0.2, 0.25) is 0 Å². The molecule has 0 radical (unpaired) electrons. The van der Waals surface area contributed by atoms with Gasteiger partial charge >= 0.3 is 6.03 Å². The van der Waals surface area contributed by atoms with Crippen LogP contribution in [-0.4, -0.2) is 41.0 Å². The molecular weight excluding hydrogens is 336 g/mol. The lowest BCUT2D eigenvalue weighted by Crippen LogP contribution is -2.17. The number of aromatic nitrogens is 5. The number of aryl methyl sites for hydroxylation is 1. The first-order valence-electron chi connectivity index (χ1n) is 6.48. The molecule has 0 aromatic carbocycles. The first-order valence-corrected chi connectivity index (χ1v) is 8.85. The van der Waals surface area contributed by atoms with E-state index in [0.29, 0.717) is 10.8 Å². The number of anilines is 1. The van der Waals surface area contributed by atoms with Crippen molar-refractivity contribution in [2.24, 2.45) is 0 Å². The third kappa shape index (κ3) is 3.32. The highest BCUT2D eigenvalue weighted by Crippen LogP contribution is 2.31. The summed E-state index contributed by atoms with van der Waals surface area (Å²) in [6.07, 6.45) is 7.55. The van der Waals surface area contributed by atoms with Crippen molar-refractivity contribution < 1.29 is 9.00 Å². The number of nitrogens with one attached hydrogen (secondary N) is 1. The Morgan fingerprint density at radius 3 is 2.87 bits per heavy atom. The van der Waals surface area contributed by atoms with Crippen molar-refractivity contribution >= 4 is 33.3 Å². The van der Waals surface area contributed by atoms with Crippen molar-refractivity contribution in [3.63, 3.8) is 0 Å². The third-order valence-corrected chi connectivity index (χ3v) is 4.68. The molecule has 0 saturated heterocycles. The number of hydrogen-bond donors (Lipinski definition) is 1. The number of rotatable bonds is 3. The van der Waals surface area contributed by atoms with E-state index in [0.717, 1.165) is 10.6 Å². The monoisotopic (exact) mass is 348 g/mol. The van der Waals surface area contributed by atoms with Crippen LogP contribution in [0.5, 0.6) is 0 Å². The lowest BCUT2D eigenvalue weighted by atomic mass is 10.3. The molecule has 8 nitrogen and oxygen atoms in total. The van der Waals surface area contributed by atoms with Gasteiger partial charge in [-0.25, -0.2) is 24.7 Å². The molecule has 0 aliphatic rings. The number of nitrogens with zero attached hydrogens (tertiary/aromatic N) is 5. The maximum atomic E-state index is 12.0. The number of carbonyl (C=O) groups is 1. The van der Waals surface area contributed by atoms with Crippen molar-refractivity contribution in [1.82, 2.24) is 24.5 Å². The molecule has 23 heavy (non-hydrogen) atoms. The van der Waals surface area contributed by atoms with Gasteiger partial charge in [-0.1, -0.05) is 11.3 Å². The maximum Gasteiger partial charge on any atom is 0.333 e. The van der Waals surface area contributed by atoms with Gasteiger partial charge in [0.1, 0.15) is 6.33 Å². The van der Waals surface area contributed by atoms with Gasteiger partial charge in [0.25, 0.3) is 0 Å². The minimum Gasteiger partial charge on any atom is -0.283 e. The molecule has 0 fully saturated rings. The molecule has 1 unspecified atom stereocenters. The van der Waals surface area contributed by atoms with E-state index >= 15 is 0 Å². The van der Waals surface area contributed by atoms with Gasteiger partial charge in [0.2, 0.25) is 5.16 Å². The number of imidazole rings is 1. The fourth-order valence-corrected chi connectivity index (χ4v) is 3.19. The van der Waals surface area contributed by atoms with Gasteiger partial charge in [-0.15, -0.1) is 0 Å². The molecule has 118 valence electrons. The Balaban J connectivity index is 1.88. The first-order chi connectivity index (χ1) is 11.0. The number of carbonyl (C=O) groups excluding carboxylic acids is 1. The minimum atomic E-state index is -1.26. The molecule has 1 atom stereocenters. The van der Waals surface area contributed by atoms with Crippen molar-refractivity contribution in [1.29, 1.82) is 0 Å². The fourth-order valence-electron chi connectivity index (χ4n) is 1.83. The van der Waals surface area contributed by atoms with Crippen LogP contribution < -0.4 is 5.32 Å². The molecular formula is C13H12N6O2S2. The van der Waals surface area contributed by atoms with Crippen LogP contribution in [0.15, 0.2) is 36.1 Å². The van der Waals surface area contributed by atoms with Crippen LogP contribution in [-0.2, 0) is 10.8 Å². The van der Waals surface area contributed by atoms with Crippen molar-refractivity contribution in [3.05, 3.63) is 36.7 Å². The Labute approximate surface area is 138 Å². The van der Waals surface area contributed by atoms with Crippen LogP contribution in [0.25, 0.3) is 10.6 Å². The quantitative estimate of drug-likeness (QED) is 0.726. The summed E-state index contributed by atoms with van der Waals surface area (Å²) in [6.45, 7) is 1.82. The minimum absolute atomic E-state index is 0.263. The van der Waals surface area contributed by atoms with E-state index in [2.05, 4.69) is 25.3 Å². The van der Waals surface area contributed by atoms with Gasteiger partial charge in [-0.3, -0.25) is 14.1 Å². The summed E-state index contributed by atoms with van der Waals surface area (Å²) in [6, 6.07) is 1.37. The highest BCUT2D eigenvalue weighted by Gasteiger charge is 2.15. The Morgan fingerprint density at radius 1 is 1.35 bits per heavy atom. The number of hydrogen-bond acceptors (Lipinski definition) is 7. The Kier molecular flexibility index (Phi) is 4.26. The average molecular weight is 348 g/mol. The second-order valence-electron chi connectivity index (χ2n) is 4.51. The Morgan fingerprint density at radius 2 is 2.17 bits per heavy atom. The molecule has 0 saturated carbocycles. The van der Waals surface area contributed by atoms with E-state index < -0.39 is 10.8 Å². The molecule has 0 aliphatic heterocycles. The van der Waals surface area contributed by atoms with E-state index in [4.69, 9.17) is 0 Å². The van der Waals surface area contributed by atoms with E-state index in [-0.39, 0.29) is 11.2 Å². The lowest BCUT2D eigenvalue weighted by molar-refractivity contribution is 0.253. The summed E-state index contributed by atoms with van der Waals surface area (Å²) < 4.78 is 12.8. The fraction of sp³-hybridized carbons (Fsp3) is 0.154. The third-order valence-electron chi connectivity index (χ3n) is 2.87. The molecule has 1 amide bonds. The molecule has 3 aromatic rings. The van der Waals surface area contributed by atoms with Gasteiger partial charge in [0.05, 0.1) is 27.1 Å². The predicted molar refractivity (Wildman–Crippen MR) is 86.9 cm³/mol. The molecule has 3 heterocycles. The van der Waals surface area contributed by atoms with Crippen LogP contribution in [0, 0.1) is 6.92 Å². The zero-order chi connectivity index (χ0) is 16.4. The molecule has 0 bridgehead atoms. The normalized spacial score (nSPS) is 12.1. The summed E-state index contributed by atoms with van der Waals surface area (Å²) in [5.41, 5.74) is 1.35. The van der Waals surface area contributed by atoms with Crippen LogP contribution in [0.1, 0.15) is 5.69 Å². The van der Waals surface area contributed by atoms with Crippen molar-refractivity contribution in [2.45, 2.75) is 12.1 Å². The van der Waals surface area contributed by atoms with Crippen molar-refractivity contribution in [2.75, 3.05) is 11.6 Å². The standard InChI is InChI=1S/C13H12N6O2S2/c1-8-10(9-3-4-15-12(17-9)23(2)21)22-11(16-8)18-13(20)19-6-5-14-7-19/h3-7H,1-2H3,(H,16,18,20). The van der Waals surface area contributed by atoms with Gasteiger partial charge < -0.3 is 0 Å². The molecule has 0 aliphatic carbocycles. The second-order valence-corrected chi connectivity index (χ2v) is 6.78. The van der Waals surface area contributed by atoms with Crippen LogP contribution in [0.3, 0.4) is 0 Å². The lowest BCUT2D eigenvalue weighted by Gasteiger charge is -2.00. The second kappa shape index (κ2) is 6.34. The number of thiazole rings is 1.